The standard InChI is InChI=1S/C20H30N4OS.HI/c1-6-17-15(4)26-19(24-17)10-11-22-20(21-5)23-13-16-9-8-14(3)12-18(16)25-7-2;/h8-9,12H,6-7,10-11,13H2,1-5H3,(H2,21,22,23);1H. The second-order valence-electron chi connectivity index (χ2n) is 6.11. The maximum atomic E-state index is 5.74. The quantitative estimate of drug-likeness (QED) is 0.322. The molecule has 0 bridgehead atoms. The number of halogens is 1. The summed E-state index contributed by atoms with van der Waals surface area (Å²) in [4.78, 5) is 10.3. The summed E-state index contributed by atoms with van der Waals surface area (Å²) in [5.41, 5.74) is 3.55. The van der Waals surface area contributed by atoms with Crippen molar-refractivity contribution in [2.75, 3.05) is 20.2 Å². The van der Waals surface area contributed by atoms with Crippen LogP contribution in [0.4, 0.5) is 0 Å². The number of aromatic nitrogens is 1. The zero-order chi connectivity index (χ0) is 18.9. The molecule has 0 aliphatic rings. The molecule has 2 aromatic rings. The summed E-state index contributed by atoms with van der Waals surface area (Å²) in [6.07, 6.45) is 1.90. The molecule has 0 saturated carbocycles. The highest BCUT2D eigenvalue weighted by atomic mass is 127. The molecule has 1 aromatic heterocycles. The Morgan fingerprint density at radius 2 is 2.00 bits per heavy atom. The van der Waals surface area contributed by atoms with Gasteiger partial charge in [-0.15, -0.1) is 35.3 Å². The second kappa shape index (κ2) is 12.2. The Hall–Kier alpha value is -1.35. The largest absolute Gasteiger partial charge is 0.494 e. The minimum atomic E-state index is 0. The molecule has 2 rings (SSSR count). The van der Waals surface area contributed by atoms with Crippen molar-refractivity contribution in [3.63, 3.8) is 0 Å². The fourth-order valence-corrected chi connectivity index (χ4v) is 3.73. The summed E-state index contributed by atoms with van der Waals surface area (Å²) in [7, 11) is 1.79. The van der Waals surface area contributed by atoms with E-state index in [9.17, 15) is 0 Å². The van der Waals surface area contributed by atoms with Crippen molar-refractivity contribution in [1.29, 1.82) is 0 Å². The number of ether oxygens (including phenoxy) is 1. The van der Waals surface area contributed by atoms with Gasteiger partial charge >= 0.3 is 0 Å². The van der Waals surface area contributed by atoms with Gasteiger partial charge in [0.1, 0.15) is 5.75 Å². The molecular formula is C20H31IN4OS. The molecule has 5 nitrogen and oxygen atoms in total. The van der Waals surface area contributed by atoms with Crippen molar-refractivity contribution in [2.45, 2.75) is 47.1 Å². The summed E-state index contributed by atoms with van der Waals surface area (Å²) in [5.74, 6) is 1.72. The van der Waals surface area contributed by atoms with E-state index in [1.807, 2.05) is 6.92 Å². The molecule has 7 heteroatoms. The average molecular weight is 502 g/mol. The smallest absolute Gasteiger partial charge is 0.191 e. The van der Waals surface area contributed by atoms with Crippen LogP contribution in [-0.4, -0.2) is 31.1 Å². The van der Waals surface area contributed by atoms with E-state index in [0.717, 1.165) is 36.7 Å². The highest BCUT2D eigenvalue weighted by Crippen LogP contribution is 2.20. The number of thiazole rings is 1. The van der Waals surface area contributed by atoms with Gasteiger partial charge in [-0.1, -0.05) is 19.1 Å². The van der Waals surface area contributed by atoms with Gasteiger partial charge in [-0.3, -0.25) is 4.99 Å². The summed E-state index contributed by atoms with van der Waals surface area (Å²) in [6.45, 7) is 10.5. The van der Waals surface area contributed by atoms with Crippen molar-refractivity contribution in [2.24, 2.45) is 4.99 Å². The molecule has 0 spiro atoms. The Kier molecular flexibility index (Phi) is 10.7. The van der Waals surface area contributed by atoms with Gasteiger partial charge in [0, 0.05) is 37.0 Å². The highest BCUT2D eigenvalue weighted by Gasteiger charge is 2.07. The molecule has 0 saturated heterocycles. The van der Waals surface area contributed by atoms with Crippen molar-refractivity contribution < 1.29 is 4.74 Å². The number of aliphatic imine (C=N–C) groups is 1. The number of rotatable bonds is 8. The molecule has 1 heterocycles. The van der Waals surface area contributed by atoms with Crippen LogP contribution in [0.15, 0.2) is 23.2 Å². The van der Waals surface area contributed by atoms with Crippen molar-refractivity contribution in [3.8, 4) is 5.75 Å². The Balaban J connectivity index is 0.00000364. The second-order valence-corrected chi connectivity index (χ2v) is 7.40. The van der Waals surface area contributed by atoms with Crippen LogP contribution < -0.4 is 15.4 Å². The van der Waals surface area contributed by atoms with Gasteiger partial charge in [-0.25, -0.2) is 4.98 Å². The van der Waals surface area contributed by atoms with Crippen LogP contribution in [0.25, 0.3) is 0 Å². The molecule has 0 atom stereocenters. The number of guanidine groups is 1. The van der Waals surface area contributed by atoms with Gasteiger partial charge in [-0.05, 0) is 38.8 Å². The zero-order valence-corrected chi connectivity index (χ0v) is 20.0. The van der Waals surface area contributed by atoms with Gasteiger partial charge in [0.25, 0.3) is 0 Å². The third-order valence-electron chi connectivity index (χ3n) is 4.10. The molecule has 0 aliphatic carbocycles. The molecule has 27 heavy (non-hydrogen) atoms. The van der Waals surface area contributed by atoms with Gasteiger partial charge in [0.2, 0.25) is 0 Å². The lowest BCUT2D eigenvalue weighted by atomic mass is 10.1. The van der Waals surface area contributed by atoms with E-state index in [2.05, 4.69) is 59.6 Å². The van der Waals surface area contributed by atoms with E-state index >= 15 is 0 Å². The van der Waals surface area contributed by atoms with Gasteiger partial charge < -0.3 is 15.4 Å². The van der Waals surface area contributed by atoms with Crippen molar-refractivity contribution >= 4 is 41.3 Å². The van der Waals surface area contributed by atoms with Crippen LogP contribution in [0.5, 0.6) is 5.75 Å². The molecule has 150 valence electrons. The Morgan fingerprint density at radius 1 is 1.22 bits per heavy atom. The molecule has 0 fully saturated rings. The minimum absolute atomic E-state index is 0. The Labute approximate surface area is 184 Å². The Morgan fingerprint density at radius 3 is 2.63 bits per heavy atom. The van der Waals surface area contributed by atoms with Gasteiger partial charge in [0.15, 0.2) is 5.96 Å². The van der Waals surface area contributed by atoms with Gasteiger partial charge in [-0.2, -0.15) is 0 Å². The number of hydrogen-bond donors (Lipinski definition) is 2. The van der Waals surface area contributed by atoms with Crippen LogP contribution in [0.3, 0.4) is 0 Å². The number of nitrogens with one attached hydrogen (secondary N) is 2. The maximum absolute atomic E-state index is 5.74. The molecular weight excluding hydrogens is 471 g/mol. The first-order chi connectivity index (χ1) is 12.6. The third-order valence-corrected chi connectivity index (χ3v) is 5.17. The first kappa shape index (κ1) is 23.7. The van der Waals surface area contributed by atoms with Gasteiger partial charge in [0.05, 0.1) is 17.3 Å². The van der Waals surface area contributed by atoms with E-state index in [1.54, 1.807) is 18.4 Å². The molecule has 0 unspecified atom stereocenters. The van der Waals surface area contributed by atoms with E-state index < -0.39 is 0 Å². The molecule has 0 aliphatic heterocycles. The summed E-state index contributed by atoms with van der Waals surface area (Å²) in [6, 6.07) is 6.28. The minimum Gasteiger partial charge on any atom is -0.494 e. The average Bonchev–Trinajstić information content (AvgIpc) is 2.99. The lowest BCUT2D eigenvalue weighted by Gasteiger charge is -2.14. The molecule has 2 N–H and O–H groups in total. The lowest BCUT2D eigenvalue weighted by molar-refractivity contribution is 0.336. The maximum Gasteiger partial charge on any atom is 0.191 e. The van der Waals surface area contributed by atoms with E-state index in [1.165, 1.54) is 21.1 Å². The number of nitrogens with zero attached hydrogens (tertiary/aromatic N) is 2. The number of hydrogen-bond acceptors (Lipinski definition) is 4. The molecule has 0 amide bonds. The summed E-state index contributed by atoms with van der Waals surface area (Å²) in [5, 5.41) is 7.90. The number of benzene rings is 1. The number of aryl methyl sites for hydroxylation is 3. The van der Waals surface area contributed by atoms with Crippen LogP contribution in [0, 0.1) is 13.8 Å². The normalized spacial score (nSPS) is 11.1. The molecule has 1 aromatic carbocycles. The molecule has 0 radical (unpaired) electrons. The van der Waals surface area contributed by atoms with Crippen LogP contribution in [0.1, 0.15) is 40.6 Å². The van der Waals surface area contributed by atoms with Crippen LogP contribution in [0.2, 0.25) is 0 Å². The van der Waals surface area contributed by atoms with E-state index in [-0.39, 0.29) is 24.0 Å². The Bertz CT molecular complexity index is 746. The fraction of sp³-hybridized carbons (Fsp3) is 0.500. The topological polar surface area (TPSA) is 58.5 Å². The monoisotopic (exact) mass is 502 g/mol. The van der Waals surface area contributed by atoms with E-state index in [0.29, 0.717) is 13.2 Å². The van der Waals surface area contributed by atoms with Crippen molar-refractivity contribution in [1.82, 2.24) is 15.6 Å². The van der Waals surface area contributed by atoms with Crippen LogP contribution >= 0.6 is 35.3 Å². The zero-order valence-electron chi connectivity index (χ0n) is 16.9. The summed E-state index contributed by atoms with van der Waals surface area (Å²) < 4.78 is 5.74. The highest BCUT2D eigenvalue weighted by molar-refractivity contribution is 14.0. The lowest BCUT2D eigenvalue weighted by Crippen LogP contribution is -2.37. The third kappa shape index (κ3) is 7.29. The summed E-state index contributed by atoms with van der Waals surface area (Å²) >= 11 is 1.79. The fourth-order valence-electron chi connectivity index (χ4n) is 2.71. The predicted molar refractivity (Wildman–Crippen MR) is 126 cm³/mol. The van der Waals surface area contributed by atoms with E-state index in [4.69, 9.17) is 4.74 Å². The first-order valence-corrected chi connectivity index (χ1v) is 10.0. The first-order valence-electron chi connectivity index (χ1n) is 9.19. The SMILES string of the molecule is CCOc1cc(C)ccc1CNC(=NC)NCCc1nc(CC)c(C)s1.I. The predicted octanol–water partition coefficient (Wildman–Crippen LogP) is 4.25. The van der Waals surface area contributed by atoms with Crippen molar-refractivity contribution in [3.05, 3.63) is 44.9 Å². The van der Waals surface area contributed by atoms with Crippen LogP contribution in [-0.2, 0) is 19.4 Å².